The van der Waals surface area contributed by atoms with Crippen molar-refractivity contribution in [3.05, 3.63) is 24.4 Å². The molecule has 0 atom stereocenters. The fourth-order valence-corrected chi connectivity index (χ4v) is 1.79. The first kappa shape index (κ1) is 9.34. The third-order valence-corrected chi connectivity index (χ3v) is 2.66. The number of aromatic nitrogens is 4. The predicted molar refractivity (Wildman–Crippen MR) is 59.0 cm³/mol. The molecule has 0 bridgehead atoms. The number of hydrogen-bond donors (Lipinski definition) is 0. The normalized spacial score (nSPS) is 13.1. The zero-order chi connectivity index (χ0) is 11.9. The largest absolute Gasteiger partial charge is 0.454 e. The van der Waals surface area contributed by atoms with Gasteiger partial charge < -0.3 is 9.47 Å². The van der Waals surface area contributed by atoms with Crippen LogP contribution >= 0.6 is 0 Å². The summed E-state index contributed by atoms with van der Waals surface area (Å²) in [6, 6.07) is 5.58. The molecule has 88 valence electrons. The Hall–Kier alpha value is -2.70. The predicted octanol–water partition coefficient (Wildman–Crippen LogP) is 1.41. The number of ether oxygens (including phenoxy) is 2. The molecule has 0 radical (unpaired) electrons. The summed E-state index contributed by atoms with van der Waals surface area (Å²) in [5.74, 6) is 1.43. The van der Waals surface area contributed by atoms with Crippen LogP contribution < -0.4 is 9.47 Å². The highest BCUT2D eigenvalue weighted by Crippen LogP contribution is 2.35. The molecule has 0 unspecified atom stereocenters. The highest BCUT2D eigenvalue weighted by Gasteiger charge is 2.15. The Bertz CT molecular complexity index is 740. The van der Waals surface area contributed by atoms with Gasteiger partial charge in [-0.15, -0.1) is 0 Å². The second-order valence-electron chi connectivity index (χ2n) is 3.73. The number of benzene rings is 1. The SMILES string of the molecule is c1cc2c(cc1-c1cnc3nonc3n1)OCO2. The Morgan fingerprint density at radius 2 is 1.89 bits per heavy atom. The molecule has 1 aromatic carbocycles. The standard InChI is InChI=1S/C11H6N4O3/c1-2-8-9(17-5-16-8)3-6(1)7-4-12-10-11(13-7)15-18-14-10/h1-4H,5H2. The topological polar surface area (TPSA) is 83.2 Å². The molecule has 0 spiro atoms. The fourth-order valence-electron chi connectivity index (χ4n) is 1.79. The van der Waals surface area contributed by atoms with Crippen LogP contribution in [0.3, 0.4) is 0 Å². The summed E-state index contributed by atoms with van der Waals surface area (Å²) in [6.45, 7) is 0.247. The first-order chi connectivity index (χ1) is 8.90. The Labute approximate surface area is 100 Å². The van der Waals surface area contributed by atoms with E-state index in [1.807, 2.05) is 18.2 Å². The third-order valence-electron chi connectivity index (χ3n) is 2.66. The van der Waals surface area contributed by atoms with E-state index in [2.05, 4.69) is 24.9 Å². The van der Waals surface area contributed by atoms with Gasteiger partial charge in [0.05, 0.1) is 11.9 Å². The molecule has 1 aliphatic heterocycles. The van der Waals surface area contributed by atoms with Crippen molar-refractivity contribution < 1.29 is 14.1 Å². The average molecular weight is 242 g/mol. The van der Waals surface area contributed by atoms with Gasteiger partial charge in [-0.25, -0.2) is 14.6 Å². The van der Waals surface area contributed by atoms with Gasteiger partial charge in [0.15, 0.2) is 11.5 Å². The Balaban J connectivity index is 1.86. The lowest BCUT2D eigenvalue weighted by Gasteiger charge is -2.01. The van der Waals surface area contributed by atoms with E-state index in [0.29, 0.717) is 22.7 Å². The summed E-state index contributed by atoms with van der Waals surface area (Å²) in [4.78, 5) is 8.41. The van der Waals surface area contributed by atoms with Gasteiger partial charge in [0.1, 0.15) is 0 Å². The van der Waals surface area contributed by atoms with Crippen molar-refractivity contribution in [2.24, 2.45) is 0 Å². The van der Waals surface area contributed by atoms with E-state index >= 15 is 0 Å². The zero-order valence-corrected chi connectivity index (χ0v) is 9.03. The van der Waals surface area contributed by atoms with Crippen molar-refractivity contribution in [3.8, 4) is 22.8 Å². The van der Waals surface area contributed by atoms with Crippen LogP contribution in [0.5, 0.6) is 11.5 Å². The summed E-state index contributed by atoms with van der Waals surface area (Å²) >= 11 is 0. The molecule has 0 fully saturated rings. The van der Waals surface area contributed by atoms with E-state index in [4.69, 9.17) is 9.47 Å². The van der Waals surface area contributed by atoms with E-state index in [1.54, 1.807) is 6.20 Å². The molecule has 0 aliphatic carbocycles. The maximum atomic E-state index is 5.32. The minimum absolute atomic E-state index is 0.247. The van der Waals surface area contributed by atoms with Crippen LogP contribution in [0.25, 0.3) is 22.6 Å². The van der Waals surface area contributed by atoms with Gasteiger partial charge in [0.25, 0.3) is 0 Å². The first-order valence-corrected chi connectivity index (χ1v) is 5.25. The molecule has 3 aromatic rings. The molecule has 0 N–H and O–H groups in total. The summed E-state index contributed by atoms with van der Waals surface area (Å²) < 4.78 is 15.1. The first-order valence-electron chi connectivity index (χ1n) is 5.25. The average Bonchev–Trinajstić information content (AvgIpc) is 3.05. The van der Waals surface area contributed by atoms with E-state index in [-0.39, 0.29) is 6.79 Å². The zero-order valence-electron chi connectivity index (χ0n) is 9.03. The third kappa shape index (κ3) is 1.30. The van der Waals surface area contributed by atoms with Crippen LogP contribution in [0.4, 0.5) is 0 Å². The molecule has 2 aromatic heterocycles. The fraction of sp³-hybridized carbons (Fsp3) is 0.0909. The van der Waals surface area contributed by atoms with Crippen molar-refractivity contribution >= 4 is 11.3 Å². The minimum Gasteiger partial charge on any atom is -0.454 e. The number of hydrogen-bond acceptors (Lipinski definition) is 7. The Morgan fingerprint density at radius 3 is 2.89 bits per heavy atom. The molecule has 7 nitrogen and oxygen atoms in total. The number of fused-ring (bicyclic) bond motifs is 2. The quantitative estimate of drug-likeness (QED) is 0.637. The van der Waals surface area contributed by atoms with Crippen LogP contribution in [-0.4, -0.2) is 27.1 Å². The maximum Gasteiger partial charge on any atom is 0.243 e. The van der Waals surface area contributed by atoms with Crippen molar-refractivity contribution in [2.45, 2.75) is 0 Å². The second kappa shape index (κ2) is 3.39. The van der Waals surface area contributed by atoms with Crippen LogP contribution in [0.2, 0.25) is 0 Å². The van der Waals surface area contributed by atoms with Crippen LogP contribution in [0, 0.1) is 0 Å². The van der Waals surface area contributed by atoms with Gasteiger partial charge in [-0.05, 0) is 28.5 Å². The van der Waals surface area contributed by atoms with Crippen LogP contribution in [-0.2, 0) is 0 Å². The summed E-state index contributed by atoms with van der Waals surface area (Å²) in [5.41, 5.74) is 2.32. The lowest BCUT2D eigenvalue weighted by Crippen LogP contribution is -1.92. The van der Waals surface area contributed by atoms with Gasteiger partial charge in [-0.3, -0.25) is 0 Å². The van der Waals surface area contributed by atoms with Crippen LogP contribution in [0.15, 0.2) is 29.0 Å². The smallest absolute Gasteiger partial charge is 0.243 e. The van der Waals surface area contributed by atoms with Gasteiger partial charge in [-0.2, -0.15) is 0 Å². The monoisotopic (exact) mass is 242 g/mol. The van der Waals surface area contributed by atoms with E-state index in [1.165, 1.54) is 0 Å². The van der Waals surface area contributed by atoms with Crippen molar-refractivity contribution in [1.29, 1.82) is 0 Å². The van der Waals surface area contributed by atoms with E-state index < -0.39 is 0 Å². The molecular weight excluding hydrogens is 236 g/mol. The highest BCUT2D eigenvalue weighted by atomic mass is 16.7. The van der Waals surface area contributed by atoms with E-state index in [9.17, 15) is 0 Å². The summed E-state index contributed by atoms with van der Waals surface area (Å²) in [6.07, 6.45) is 1.62. The van der Waals surface area contributed by atoms with E-state index in [0.717, 1.165) is 11.3 Å². The molecule has 18 heavy (non-hydrogen) atoms. The van der Waals surface area contributed by atoms with Gasteiger partial charge in [0.2, 0.25) is 18.1 Å². The molecule has 7 heteroatoms. The number of nitrogens with zero attached hydrogens (tertiary/aromatic N) is 4. The lowest BCUT2D eigenvalue weighted by atomic mass is 10.1. The molecule has 3 heterocycles. The summed E-state index contributed by atoms with van der Waals surface area (Å²) in [5, 5.41) is 7.27. The summed E-state index contributed by atoms with van der Waals surface area (Å²) in [7, 11) is 0. The molecule has 0 amide bonds. The Kier molecular flexibility index (Phi) is 1.76. The lowest BCUT2D eigenvalue weighted by molar-refractivity contribution is 0.174. The van der Waals surface area contributed by atoms with Crippen molar-refractivity contribution in [3.63, 3.8) is 0 Å². The molecule has 0 saturated heterocycles. The van der Waals surface area contributed by atoms with Crippen molar-refractivity contribution in [2.75, 3.05) is 6.79 Å². The number of rotatable bonds is 1. The van der Waals surface area contributed by atoms with Crippen molar-refractivity contribution in [1.82, 2.24) is 20.3 Å². The molecule has 0 saturated carbocycles. The molecule has 1 aliphatic rings. The van der Waals surface area contributed by atoms with Gasteiger partial charge in [0, 0.05) is 5.56 Å². The van der Waals surface area contributed by atoms with Gasteiger partial charge >= 0.3 is 0 Å². The maximum absolute atomic E-state index is 5.32. The van der Waals surface area contributed by atoms with Crippen LogP contribution in [0.1, 0.15) is 0 Å². The molecular formula is C11H6N4O3. The molecule has 4 rings (SSSR count). The Morgan fingerprint density at radius 1 is 1.00 bits per heavy atom. The minimum atomic E-state index is 0.247. The highest BCUT2D eigenvalue weighted by molar-refractivity contribution is 5.70. The second-order valence-corrected chi connectivity index (χ2v) is 3.73. The van der Waals surface area contributed by atoms with Gasteiger partial charge in [-0.1, -0.05) is 0 Å².